The van der Waals surface area contributed by atoms with E-state index in [0.29, 0.717) is 0 Å². The Labute approximate surface area is 81.2 Å². The zero-order valence-electron chi connectivity index (χ0n) is 7.36. The lowest BCUT2D eigenvalue weighted by Gasteiger charge is -1.99. The van der Waals surface area contributed by atoms with Crippen LogP contribution in [0.5, 0.6) is 0 Å². The standard InChI is InChI=1S/C12H6N2/c1-3-9-5-6-10-4-2-8-14-12(10)11(9)13-7-1/h1,3-6,8H. The third-order valence-corrected chi connectivity index (χ3v) is 2.23. The molecule has 2 aromatic heterocycles. The molecule has 0 unspecified atom stereocenters. The summed E-state index contributed by atoms with van der Waals surface area (Å²) in [7, 11) is 0. The maximum Gasteiger partial charge on any atom is 0.0972 e. The molecule has 0 saturated carbocycles. The van der Waals surface area contributed by atoms with Gasteiger partial charge in [0.1, 0.15) is 0 Å². The van der Waals surface area contributed by atoms with Gasteiger partial charge in [0, 0.05) is 23.0 Å². The van der Waals surface area contributed by atoms with Gasteiger partial charge in [-0.3, -0.25) is 4.98 Å². The van der Waals surface area contributed by atoms with Gasteiger partial charge < -0.3 is 0 Å². The van der Waals surface area contributed by atoms with E-state index in [0.717, 1.165) is 21.8 Å². The van der Waals surface area contributed by atoms with Crippen LogP contribution in [0.4, 0.5) is 0 Å². The highest BCUT2D eigenvalue weighted by Crippen LogP contribution is 2.20. The van der Waals surface area contributed by atoms with Crippen molar-refractivity contribution in [2.75, 3.05) is 0 Å². The fourth-order valence-corrected chi connectivity index (χ4v) is 1.57. The van der Waals surface area contributed by atoms with Gasteiger partial charge in [-0.2, -0.15) is 0 Å². The van der Waals surface area contributed by atoms with E-state index >= 15 is 0 Å². The number of benzene rings is 1. The summed E-state index contributed by atoms with van der Waals surface area (Å²) in [4.78, 5) is 8.48. The van der Waals surface area contributed by atoms with Crippen LogP contribution in [0.3, 0.4) is 0 Å². The first kappa shape index (κ1) is 7.44. The highest BCUT2D eigenvalue weighted by Gasteiger charge is 2.00. The average Bonchev–Trinajstić information content (AvgIpc) is 2.29. The Morgan fingerprint density at radius 3 is 2.93 bits per heavy atom. The Morgan fingerprint density at radius 2 is 1.93 bits per heavy atom. The van der Waals surface area contributed by atoms with Crippen LogP contribution in [0.2, 0.25) is 0 Å². The fourth-order valence-electron chi connectivity index (χ4n) is 1.57. The maximum absolute atomic E-state index is 4.27. The van der Waals surface area contributed by atoms with Gasteiger partial charge in [-0.25, -0.2) is 4.98 Å². The van der Waals surface area contributed by atoms with Crippen LogP contribution in [-0.4, -0.2) is 9.97 Å². The molecule has 0 atom stereocenters. The third kappa shape index (κ3) is 0.973. The molecule has 64 valence electrons. The summed E-state index contributed by atoms with van der Waals surface area (Å²) in [6, 6.07) is 12.7. The smallest absolute Gasteiger partial charge is 0.0972 e. The predicted octanol–water partition coefficient (Wildman–Crippen LogP) is 2.38. The topological polar surface area (TPSA) is 25.8 Å². The summed E-state index contributed by atoms with van der Waals surface area (Å²) in [5.41, 5.74) is 1.82. The Kier molecular flexibility index (Phi) is 1.47. The molecule has 1 aromatic carbocycles. The van der Waals surface area contributed by atoms with Gasteiger partial charge in [-0.1, -0.05) is 18.2 Å². The van der Waals surface area contributed by atoms with E-state index in [-0.39, 0.29) is 0 Å². The molecule has 0 spiro atoms. The number of hydrogen-bond donors (Lipinski definition) is 0. The molecule has 0 aliphatic heterocycles. The minimum Gasteiger partial charge on any atom is -0.253 e. The first-order valence-electron chi connectivity index (χ1n) is 4.37. The lowest BCUT2D eigenvalue weighted by molar-refractivity contribution is 1.36. The van der Waals surface area contributed by atoms with Gasteiger partial charge in [0.15, 0.2) is 0 Å². The molecule has 0 bridgehead atoms. The van der Waals surface area contributed by atoms with Crippen molar-refractivity contribution < 1.29 is 0 Å². The van der Waals surface area contributed by atoms with Gasteiger partial charge in [-0.05, 0) is 12.1 Å². The van der Waals surface area contributed by atoms with E-state index < -0.39 is 0 Å². The summed E-state index contributed by atoms with van der Waals surface area (Å²) >= 11 is 0. The molecule has 0 fully saturated rings. The van der Waals surface area contributed by atoms with Crippen LogP contribution >= 0.6 is 0 Å². The van der Waals surface area contributed by atoms with Crippen LogP contribution in [0, 0.1) is 12.3 Å². The van der Waals surface area contributed by atoms with Crippen molar-refractivity contribution in [3.8, 4) is 0 Å². The molecule has 2 radical (unpaired) electrons. The number of nitrogens with zero attached hydrogens (tertiary/aromatic N) is 2. The molecule has 0 amide bonds. The number of pyridine rings is 2. The second kappa shape index (κ2) is 2.77. The number of hydrogen-bond acceptors (Lipinski definition) is 2. The second-order valence-corrected chi connectivity index (χ2v) is 3.08. The molecule has 0 saturated heterocycles. The first-order valence-corrected chi connectivity index (χ1v) is 4.37. The van der Waals surface area contributed by atoms with E-state index in [4.69, 9.17) is 0 Å². The van der Waals surface area contributed by atoms with E-state index in [9.17, 15) is 0 Å². The minimum atomic E-state index is 0.902. The first-order chi connectivity index (χ1) is 6.95. The molecule has 0 aliphatic rings. The fraction of sp³-hybridized carbons (Fsp3) is 0. The monoisotopic (exact) mass is 178 g/mol. The minimum absolute atomic E-state index is 0.902. The Morgan fingerprint density at radius 1 is 1.00 bits per heavy atom. The average molecular weight is 178 g/mol. The lowest BCUT2D eigenvalue weighted by Crippen LogP contribution is -1.83. The molecule has 0 aliphatic carbocycles. The van der Waals surface area contributed by atoms with Gasteiger partial charge in [0.2, 0.25) is 0 Å². The summed E-state index contributed by atoms with van der Waals surface area (Å²) in [5, 5.41) is 2.15. The van der Waals surface area contributed by atoms with Gasteiger partial charge in [0.25, 0.3) is 0 Å². The summed E-state index contributed by atoms with van der Waals surface area (Å²) in [5.74, 6) is 0. The molecule has 3 rings (SSSR count). The van der Waals surface area contributed by atoms with E-state index in [1.807, 2.05) is 30.3 Å². The number of fused-ring (bicyclic) bond motifs is 3. The van der Waals surface area contributed by atoms with Crippen molar-refractivity contribution in [3.63, 3.8) is 0 Å². The van der Waals surface area contributed by atoms with Crippen LogP contribution < -0.4 is 0 Å². The molecule has 14 heavy (non-hydrogen) atoms. The molecule has 0 N–H and O–H groups in total. The highest BCUT2D eigenvalue weighted by molar-refractivity contribution is 6.02. The highest BCUT2D eigenvalue weighted by atomic mass is 14.7. The Bertz CT molecular complexity index is 547. The van der Waals surface area contributed by atoms with Crippen molar-refractivity contribution in [2.45, 2.75) is 0 Å². The van der Waals surface area contributed by atoms with Crippen molar-refractivity contribution in [3.05, 3.63) is 48.8 Å². The number of rotatable bonds is 0. The Balaban J connectivity index is 2.61. The van der Waals surface area contributed by atoms with Crippen molar-refractivity contribution in [2.24, 2.45) is 0 Å². The number of aromatic nitrogens is 2. The molecule has 2 heteroatoms. The maximum atomic E-state index is 4.27. The van der Waals surface area contributed by atoms with E-state index in [2.05, 4.69) is 22.2 Å². The molecule has 2 heterocycles. The quantitative estimate of drug-likeness (QED) is 0.494. The zero-order chi connectivity index (χ0) is 9.38. The van der Waals surface area contributed by atoms with Crippen molar-refractivity contribution >= 4 is 21.8 Å². The zero-order valence-corrected chi connectivity index (χ0v) is 7.36. The van der Waals surface area contributed by atoms with Gasteiger partial charge in [0.05, 0.1) is 17.2 Å². The van der Waals surface area contributed by atoms with Crippen LogP contribution in [0.15, 0.2) is 36.5 Å². The second-order valence-electron chi connectivity index (χ2n) is 3.08. The summed E-state index contributed by atoms with van der Waals surface area (Å²) < 4.78 is 0. The summed E-state index contributed by atoms with van der Waals surface area (Å²) in [6.07, 6.45) is 4.49. The molecular weight excluding hydrogens is 172 g/mol. The summed E-state index contributed by atoms with van der Waals surface area (Å²) in [6.45, 7) is 0. The molecule has 2 nitrogen and oxygen atoms in total. The largest absolute Gasteiger partial charge is 0.253 e. The van der Waals surface area contributed by atoms with Crippen molar-refractivity contribution in [1.82, 2.24) is 9.97 Å². The van der Waals surface area contributed by atoms with Crippen molar-refractivity contribution in [1.29, 1.82) is 0 Å². The van der Waals surface area contributed by atoms with E-state index in [1.54, 1.807) is 6.20 Å². The normalized spacial score (nSPS) is 10.9. The Hall–Kier alpha value is -1.96. The predicted molar refractivity (Wildman–Crippen MR) is 54.7 cm³/mol. The van der Waals surface area contributed by atoms with Crippen LogP contribution in [0.25, 0.3) is 21.8 Å². The molecule has 3 aromatic rings. The third-order valence-electron chi connectivity index (χ3n) is 2.23. The van der Waals surface area contributed by atoms with Crippen LogP contribution in [-0.2, 0) is 0 Å². The van der Waals surface area contributed by atoms with Gasteiger partial charge in [-0.15, -0.1) is 0 Å². The van der Waals surface area contributed by atoms with Crippen LogP contribution in [0.1, 0.15) is 0 Å². The van der Waals surface area contributed by atoms with E-state index in [1.165, 1.54) is 0 Å². The molecular formula is C12H6N2. The SMILES string of the molecule is [c]1cnc2c(c1)ccc1cc[c]nc12. The van der Waals surface area contributed by atoms with Gasteiger partial charge >= 0.3 is 0 Å². The lowest BCUT2D eigenvalue weighted by atomic mass is 10.1.